The average molecular weight is 233 g/mol. The number of nitrogens with one attached hydrogen (secondary N) is 1. The van der Waals surface area contributed by atoms with E-state index in [1.807, 2.05) is 6.92 Å². The van der Waals surface area contributed by atoms with E-state index in [4.69, 9.17) is 0 Å². The molecule has 0 aliphatic heterocycles. The van der Waals surface area contributed by atoms with Crippen molar-refractivity contribution in [3.05, 3.63) is 11.0 Å². The molecule has 0 aromatic rings. The van der Waals surface area contributed by atoms with Crippen LogP contribution in [0.5, 0.6) is 0 Å². The zero-order chi connectivity index (χ0) is 11.9. The van der Waals surface area contributed by atoms with Gasteiger partial charge in [0, 0.05) is 6.54 Å². The molecule has 0 unspecified atom stereocenters. The van der Waals surface area contributed by atoms with Crippen molar-refractivity contribution >= 4 is 10.0 Å². The lowest BCUT2D eigenvalue weighted by Gasteiger charge is -2.10. The Kier molecular flexibility index (Phi) is 6.85. The highest BCUT2D eigenvalue weighted by Crippen LogP contribution is 2.16. The Balaban J connectivity index is 4.40. The first-order valence-electron chi connectivity index (χ1n) is 5.58. The Morgan fingerprint density at radius 2 is 2.00 bits per heavy atom. The average Bonchev–Trinajstić information content (AvgIpc) is 2.15. The molecular weight excluding hydrogens is 210 g/mol. The molecule has 0 aromatic carbocycles. The molecule has 4 heteroatoms. The molecular formula is C11H23NO2S. The molecule has 0 aromatic heterocycles. The molecule has 0 aliphatic rings. The highest BCUT2D eigenvalue weighted by molar-refractivity contribution is 7.93. The van der Waals surface area contributed by atoms with Gasteiger partial charge in [0.1, 0.15) is 0 Å². The molecule has 0 radical (unpaired) electrons. The van der Waals surface area contributed by atoms with Gasteiger partial charge in [-0.3, -0.25) is 0 Å². The van der Waals surface area contributed by atoms with Crippen LogP contribution in [0.4, 0.5) is 0 Å². The summed E-state index contributed by atoms with van der Waals surface area (Å²) in [4.78, 5) is 0.518. The fourth-order valence-electron chi connectivity index (χ4n) is 1.19. The summed E-state index contributed by atoms with van der Waals surface area (Å²) in [6, 6.07) is 0. The molecule has 0 aliphatic carbocycles. The summed E-state index contributed by atoms with van der Waals surface area (Å²) in [5.74, 6) is 0.529. The van der Waals surface area contributed by atoms with Crippen LogP contribution in [0.1, 0.15) is 47.0 Å². The first kappa shape index (κ1) is 14.6. The third-order valence-electron chi connectivity index (χ3n) is 2.18. The molecule has 15 heavy (non-hydrogen) atoms. The number of hydrogen-bond donors (Lipinski definition) is 1. The highest BCUT2D eigenvalue weighted by Gasteiger charge is 2.15. The fourth-order valence-corrected chi connectivity index (χ4v) is 2.55. The Hall–Kier alpha value is -0.350. The van der Waals surface area contributed by atoms with E-state index in [2.05, 4.69) is 18.6 Å². The number of sulfonamides is 1. The van der Waals surface area contributed by atoms with Gasteiger partial charge in [0.2, 0.25) is 10.0 Å². The van der Waals surface area contributed by atoms with Crippen LogP contribution in [0.2, 0.25) is 0 Å². The second-order valence-electron chi connectivity index (χ2n) is 4.09. The van der Waals surface area contributed by atoms with Crippen molar-refractivity contribution in [1.29, 1.82) is 0 Å². The SMILES string of the molecule is C/C=C(\CCC(C)C)S(=O)(=O)NCCC. The lowest BCUT2D eigenvalue weighted by atomic mass is 10.1. The van der Waals surface area contributed by atoms with Crippen LogP contribution in [0, 0.1) is 5.92 Å². The van der Waals surface area contributed by atoms with Crippen molar-refractivity contribution in [3.8, 4) is 0 Å². The van der Waals surface area contributed by atoms with Crippen LogP contribution < -0.4 is 4.72 Å². The maximum Gasteiger partial charge on any atom is 0.236 e. The maximum absolute atomic E-state index is 11.8. The summed E-state index contributed by atoms with van der Waals surface area (Å²) >= 11 is 0. The fraction of sp³-hybridized carbons (Fsp3) is 0.818. The largest absolute Gasteiger partial charge is 0.236 e. The van der Waals surface area contributed by atoms with Crippen molar-refractivity contribution in [2.75, 3.05) is 6.54 Å². The van der Waals surface area contributed by atoms with Crippen molar-refractivity contribution in [2.45, 2.75) is 47.0 Å². The van der Waals surface area contributed by atoms with Gasteiger partial charge in [-0.1, -0.05) is 26.8 Å². The van der Waals surface area contributed by atoms with Crippen molar-refractivity contribution in [1.82, 2.24) is 4.72 Å². The predicted molar refractivity (Wildman–Crippen MR) is 65.0 cm³/mol. The Labute approximate surface area is 94.0 Å². The second kappa shape index (κ2) is 7.01. The van der Waals surface area contributed by atoms with E-state index in [1.165, 1.54) is 0 Å². The van der Waals surface area contributed by atoms with Gasteiger partial charge >= 0.3 is 0 Å². The Morgan fingerprint density at radius 3 is 2.40 bits per heavy atom. The van der Waals surface area contributed by atoms with Gasteiger partial charge in [-0.2, -0.15) is 0 Å². The monoisotopic (exact) mass is 233 g/mol. The molecule has 0 saturated carbocycles. The quantitative estimate of drug-likeness (QED) is 0.735. The van der Waals surface area contributed by atoms with Gasteiger partial charge in [-0.15, -0.1) is 0 Å². The minimum atomic E-state index is -3.22. The first-order chi connectivity index (χ1) is 6.94. The molecule has 0 fully saturated rings. The van der Waals surface area contributed by atoms with Gasteiger partial charge in [0.15, 0.2) is 0 Å². The van der Waals surface area contributed by atoms with E-state index in [-0.39, 0.29) is 0 Å². The summed E-state index contributed by atoms with van der Waals surface area (Å²) in [7, 11) is -3.22. The molecule has 90 valence electrons. The first-order valence-corrected chi connectivity index (χ1v) is 7.07. The number of hydrogen-bond acceptors (Lipinski definition) is 2. The normalized spacial score (nSPS) is 13.5. The molecule has 0 heterocycles. The highest BCUT2D eigenvalue weighted by atomic mass is 32.2. The minimum absolute atomic E-state index is 0.515. The minimum Gasteiger partial charge on any atom is -0.211 e. The Bertz CT molecular complexity index is 292. The van der Waals surface area contributed by atoms with Gasteiger partial charge < -0.3 is 0 Å². The lowest BCUT2D eigenvalue weighted by Crippen LogP contribution is -2.25. The van der Waals surface area contributed by atoms with Gasteiger partial charge in [0.25, 0.3) is 0 Å². The van der Waals surface area contributed by atoms with E-state index < -0.39 is 10.0 Å². The standard InChI is InChI=1S/C11H23NO2S/c1-5-9-12-15(13,14)11(6-2)8-7-10(3)4/h6,10,12H,5,7-9H2,1-4H3/b11-6+. The van der Waals surface area contributed by atoms with Gasteiger partial charge in [-0.25, -0.2) is 13.1 Å². The van der Waals surface area contributed by atoms with Gasteiger partial charge in [0.05, 0.1) is 4.91 Å². The zero-order valence-electron chi connectivity index (χ0n) is 10.2. The van der Waals surface area contributed by atoms with Crippen LogP contribution in [-0.4, -0.2) is 15.0 Å². The van der Waals surface area contributed by atoms with Crippen molar-refractivity contribution in [2.24, 2.45) is 5.92 Å². The zero-order valence-corrected chi connectivity index (χ0v) is 11.0. The van der Waals surface area contributed by atoms with Crippen LogP contribution in [-0.2, 0) is 10.0 Å². The van der Waals surface area contributed by atoms with Crippen molar-refractivity contribution in [3.63, 3.8) is 0 Å². The third kappa shape index (κ3) is 5.95. The van der Waals surface area contributed by atoms with Crippen LogP contribution in [0.3, 0.4) is 0 Å². The van der Waals surface area contributed by atoms with E-state index in [1.54, 1.807) is 13.0 Å². The summed E-state index contributed by atoms with van der Waals surface area (Å²) in [5, 5.41) is 0. The maximum atomic E-state index is 11.8. The number of allylic oxidation sites excluding steroid dienone is 2. The summed E-state index contributed by atoms with van der Waals surface area (Å²) in [6.45, 7) is 8.44. The molecule has 0 rings (SSSR count). The molecule has 1 N–H and O–H groups in total. The summed E-state index contributed by atoms with van der Waals surface area (Å²) < 4.78 is 26.1. The number of rotatable bonds is 7. The van der Waals surface area contributed by atoms with Crippen molar-refractivity contribution < 1.29 is 8.42 Å². The summed E-state index contributed by atoms with van der Waals surface area (Å²) in [6.07, 6.45) is 4.06. The molecule has 0 amide bonds. The molecule has 0 saturated heterocycles. The van der Waals surface area contributed by atoms with Crippen LogP contribution in [0.15, 0.2) is 11.0 Å². The lowest BCUT2D eigenvalue weighted by molar-refractivity contribution is 0.568. The van der Waals surface area contributed by atoms with Gasteiger partial charge in [-0.05, 0) is 32.1 Å². The molecule has 0 atom stereocenters. The smallest absolute Gasteiger partial charge is 0.211 e. The van der Waals surface area contributed by atoms with Crippen LogP contribution >= 0.6 is 0 Å². The second-order valence-corrected chi connectivity index (χ2v) is 5.91. The third-order valence-corrected chi connectivity index (χ3v) is 3.89. The molecule has 3 nitrogen and oxygen atoms in total. The van der Waals surface area contributed by atoms with Crippen LogP contribution in [0.25, 0.3) is 0 Å². The summed E-state index contributed by atoms with van der Waals surface area (Å²) in [5.41, 5.74) is 0. The Morgan fingerprint density at radius 1 is 1.40 bits per heavy atom. The van der Waals surface area contributed by atoms with E-state index in [9.17, 15) is 8.42 Å². The van der Waals surface area contributed by atoms with E-state index >= 15 is 0 Å². The van der Waals surface area contributed by atoms with E-state index in [0.717, 1.165) is 12.8 Å². The molecule has 0 spiro atoms. The topological polar surface area (TPSA) is 46.2 Å². The predicted octanol–water partition coefficient (Wildman–Crippen LogP) is 2.66. The molecule has 0 bridgehead atoms. The van der Waals surface area contributed by atoms with E-state index in [0.29, 0.717) is 23.8 Å².